The van der Waals surface area contributed by atoms with Gasteiger partial charge in [0.2, 0.25) is 0 Å². The number of aromatic amines is 2. The average molecular weight is 424 g/mol. The highest BCUT2D eigenvalue weighted by Crippen LogP contribution is 2.32. The largest absolute Gasteiger partial charge is 0.392 e. The van der Waals surface area contributed by atoms with E-state index in [1.165, 1.54) is 5.56 Å². The van der Waals surface area contributed by atoms with E-state index in [2.05, 4.69) is 73.6 Å². The maximum Gasteiger partial charge on any atom is 0.137 e. The van der Waals surface area contributed by atoms with Crippen molar-refractivity contribution in [1.82, 2.24) is 25.1 Å². The van der Waals surface area contributed by atoms with Crippen LogP contribution in [0.3, 0.4) is 0 Å². The van der Waals surface area contributed by atoms with Crippen LogP contribution in [-0.2, 0) is 6.54 Å². The van der Waals surface area contributed by atoms with Gasteiger partial charge < -0.3 is 10.1 Å². The summed E-state index contributed by atoms with van der Waals surface area (Å²) in [6, 6.07) is 17.3. The summed E-state index contributed by atoms with van der Waals surface area (Å²) in [6.07, 6.45) is 7.58. The monoisotopic (exact) mass is 423 g/mol. The SMILES string of the molecule is OC1CCCN(Cc2ccc(-c3cnc4[nH]cc(-c5ccc6cn[nH]c6c5)c4c3)cc2)C1. The zero-order valence-electron chi connectivity index (χ0n) is 17.8. The zero-order valence-corrected chi connectivity index (χ0v) is 17.8. The molecule has 160 valence electrons. The van der Waals surface area contributed by atoms with Gasteiger partial charge in [-0.05, 0) is 48.2 Å². The molecule has 0 bridgehead atoms. The van der Waals surface area contributed by atoms with Gasteiger partial charge in [-0.3, -0.25) is 10.00 Å². The molecule has 1 aliphatic heterocycles. The summed E-state index contributed by atoms with van der Waals surface area (Å²) in [5, 5.41) is 19.3. The molecule has 5 aromatic rings. The summed E-state index contributed by atoms with van der Waals surface area (Å²) in [5.74, 6) is 0. The van der Waals surface area contributed by atoms with Gasteiger partial charge in [0.15, 0.2) is 0 Å². The molecule has 0 aliphatic carbocycles. The first-order chi connectivity index (χ1) is 15.7. The molecule has 6 rings (SSSR count). The van der Waals surface area contributed by atoms with E-state index in [1.807, 2.05) is 18.6 Å². The topological polar surface area (TPSA) is 80.8 Å². The van der Waals surface area contributed by atoms with Crippen molar-refractivity contribution >= 4 is 21.9 Å². The second-order valence-corrected chi connectivity index (χ2v) is 8.72. The van der Waals surface area contributed by atoms with Gasteiger partial charge >= 0.3 is 0 Å². The molecule has 0 saturated carbocycles. The molecule has 1 saturated heterocycles. The maximum absolute atomic E-state index is 9.91. The highest BCUT2D eigenvalue weighted by Gasteiger charge is 2.17. The molecular formula is C26H25N5O. The number of rotatable bonds is 4. The summed E-state index contributed by atoms with van der Waals surface area (Å²) < 4.78 is 0. The molecule has 32 heavy (non-hydrogen) atoms. The lowest BCUT2D eigenvalue weighted by Crippen LogP contribution is -2.37. The van der Waals surface area contributed by atoms with Crippen molar-refractivity contribution in [2.75, 3.05) is 13.1 Å². The van der Waals surface area contributed by atoms with Crippen molar-refractivity contribution in [3.05, 3.63) is 72.7 Å². The minimum Gasteiger partial charge on any atom is -0.392 e. The highest BCUT2D eigenvalue weighted by atomic mass is 16.3. The second kappa shape index (κ2) is 7.89. The second-order valence-electron chi connectivity index (χ2n) is 8.72. The molecule has 2 aromatic carbocycles. The molecular weight excluding hydrogens is 398 g/mol. The fraction of sp³-hybridized carbons (Fsp3) is 0.231. The van der Waals surface area contributed by atoms with E-state index < -0.39 is 0 Å². The van der Waals surface area contributed by atoms with Gasteiger partial charge in [0.25, 0.3) is 0 Å². The Kier molecular flexibility index (Phi) is 4.74. The molecule has 6 nitrogen and oxygen atoms in total. The first kappa shape index (κ1) is 19.2. The van der Waals surface area contributed by atoms with Gasteiger partial charge in [-0.25, -0.2) is 4.98 Å². The van der Waals surface area contributed by atoms with Gasteiger partial charge in [-0.15, -0.1) is 0 Å². The Balaban J connectivity index is 1.29. The molecule has 1 atom stereocenters. The molecule has 1 unspecified atom stereocenters. The van der Waals surface area contributed by atoms with Crippen molar-refractivity contribution in [2.45, 2.75) is 25.5 Å². The van der Waals surface area contributed by atoms with Gasteiger partial charge in [-0.2, -0.15) is 5.10 Å². The Labute approximate surface area is 185 Å². The molecule has 0 radical (unpaired) electrons. The Hall–Kier alpha value is -3.48. The Morgan fingerprint density at radius 2 is 1.88 bits per heavy atom. The van der Waals surface area contributed by atoms with Crippen molar-refractivity contribution in [2.24, 2.45) is 0 Å². The predicted molar refractivity (Wildman–Crippen MR) is 127 cm³/mol. The van der Waals surface area contributed by atoms with Crippen LogP contribution in [-0.4, -0.2) is 49.4 Å². The number of hydrogen-bond acceptors (Lipinski definition) is 4. The van der Waals surface area contributed by atoms with Crippen molar-refractivity contribution in [3.63, 3.8) is 0 Å². The van der Waals surface area contributed by atoms with E-state index in [9.17, 15) is 5.11 Å². The highest BCUT2D eigenvalue weighted by molar-refractivity contribution is 5.97. The van der Waals surface area contributed by atoms with E-state index >= 15 is 0 Å². The third-order valence-electron chi connectivity index (χ3n) is 6.46. The van der Waals surface area contributed by atoms with Crippen LogP contribution in [0.1, 0.15) is 18.4 Å². The van der Waals surface area contributed by atoms with Crippen molar-refractivity contribution in [3.8, 4) is 22.3 Å². The number of benzene rings is 2. The number of hydrogen-bond donors (Lipinski definition) is 3. The number of pyridine rings is 1. The van der Waals surface area contributed by atoms with Crippen LogP contribution in [0.15, 0.2) is 67.1 Å². The van der Waals surface area contributed by atoms with Crippen molar-refractivity contribution < 1.29 is 5.11 Å². The minimum absolute atomic E-state index is 0.189. The van der Waals surface area contributed by atoms with Gasteiger partial charge in [0, 0.05) is 47.4 Å². The fourth-order valence-corrected chi connectivity index (χ4v) is 4.74. The molecule has 0 amide bonds. The molecule has 4 heterocycles. The Morgan fingerprint density at radius 3 is 2.75 bits per heavy atom. The van der Waals surface area contributed by atoms with Gasteiger partial charge in [-0.1, -0.05) is 36.4 Å². The number of aromatic nitrogens is 4. The van der Waals surface area contributed by atoms with Gasteiger partial charge in [0.05, 0.1) is 17.8 Å². The number of H-pyrrole nitrogens is 2. The van der Waals surface area contributed by atoms with E-state index in [1.54, 1.807) is 0 Å². The number of aliphatic hydroxyl groups excluding tert-OH is 1. The summed E-state index contributed by atoms with van der Waals surface area (Å²) in [4.78, 5) is 10.3. The zero-order chi connectivity index (χ0) is 21.5. The first-order valence-corrected chi connectivity index (χ1v) is 11.1. The molecule has 1 aliphatic rings. The third kappa shape index (κ3) is 3.57. The van der Waals surface area contributed by atoms with Crippen LogP contribution in [0.5, 0.6) is 0 Å². The Bertz CT molecular complexity index is 1380. The number of aliphatic hydroxyl groups is 1. The predicted octanol–water partition coefficient (Wildman–Crippen LogP) is 4.73. The van der Waals surface area contributed by atoms with Crippen LogP contribution >= 0.6 is 0 Å². The smallest absolute Gasteiger partial charge is 0.137 e. The first-order valence-electron chi connectivity index (χ1n) is 11.1. The van der Waals surface area contributed by atoms with E-state index in [-0.39, 0.29) is 6.10 Å². The molecule has 3 N–H and O–H groups in total. The quantitative estimate of drug-likeness (QED) is 0.390. The van der Waals surface area contributed by atoms with Crippen LogP contribution in [0, 0.1) is 0 Å². The number of nitrogens with one attached hydrogen (secondary N) is 2. The van der Waals surface area contributed by atoms with E-state index in [0.717, 1.165) is 76.7 Å². The molecule has 6 heteroatoms. The van der Waals surface area contributed by atoms with Crippen LogP contribution in [0.2, 0.25) is 0 Å². The summed E-state index contributed by atoms with van der Waals surface area (Å²) >= 11 is 0. The van der Waals surface area contributed by atoms with E-state index in [0.29, 0.717) is 0 Å². The lowest BCUT2D eigenvalue weighted by atomic mass is 10.0. The van der Waals surface area contributed by atoms with Crippen LogP contribution < -0.4 is 0 Å². The van der Waals surface area contributed by atoms with Gasteiger partial charge in [0.1, 0.15) is 5.65 Å². The fourth-order valence-electron chi connectivity index (χ4n) is 4.74. The molecule has 0 spiro atoms. The molecule has 1 fully saturated rings. The normalized spacial score (nSPS) is 17.3. The van der Waals surface area contributed by atoms with Crippen LogP contribution in [0.4, 0.5) is 0 Å². The number of fused-ring (bicyclic) bond motifs is 2. The average Bonchev–Trinajstić information content (AvgIpc) is 3.45. The molecule has 3 aromatic heterocycles. The number of likely N-dealkylation sites (tertiary alicyclic amines) is 1. The maximum atomic E-state index is 9.91. The third-order valence-corrected chi connectivity index (χ3v) is 6.46. The lowest BCUT2D eigenvalue weighted by molar-refractivity contribution is 0.0668. The number of nitrogens with zero attached hydrogens (tertiary/aromatic N) is 3. The summed E-state index contributed by atoms with van der Waals surface area (Å²) in [6.45, 7) is 2.70. The number of piperidine rings is 1. The van der Waals surface area contributed by atoms with E-state index in [4.69, 9.17) is 0 Å². The summed E-state index contributed by atoms with van der Waals surface area (Å²) in [5.41, 5.74) is 7.69. The standard InChI is InChI=1S/C26H25N5O/c32-22-2-1-9-31(16-22)15-17-3-5-18(6-4-17)21-10-23-24(14-28-26(23)27-12-21)19-7-8-20-13-29-30-25(20)11-19/h3-8,10-14,22,32H,1-2,9,15-16H2,(H,27,28)(H,29,30). The van der Waals surface area contributed by atoms with Crippen LogP contribution in [0.25, 0.3) is 44.2 Å². The lowest BCUT2D eigenvalue weighted by Gasteiger charge is -2.29. The number of β-amino-alcohol motifs (C(OH)–C–C–N with tert-alkyl or cyclic N) is 1. The van der Waals surface area contributed by atoms with Crippen molar-refractivity contribution in [1.29, 1.82) is 0 Å². The summed E-state index contributed by atoms with van der Waals surface area (Å²) in [7, 11) is 0. The minimum atomic E-state index is -0.189. The Morgan fingerprint density at radius 1 is 1.00 bits per heavy atom.